The molecule has 3 rings (SSSR count). The molecule has 0 amide bonds. The molecule has 0 bridgehead atoms. The number of pyridine rings is 1. The SMILES string of the molecule is CCc1nc(-c2ccc(Br)cc2)nn1-c1ccccn1. The molecule has 0 saturated heterocycles. The van der Waals surface area contributed by atoms with E-state index in [2.05, 4.69) is 37.9 Å². The Morgan fingerprint density at radius 1 is 1.10 bits per heavy atom. The molecule has 5 heteroatoms. The van der Waals surface area contributed by atoms with E-state index >= 15 is 0 Å². The molecule has 0 saturated carbocycles. The third-order valence-corrected chi connectivity index (χ3v) is 3.49. The molecule has 3 aromatic rings. The van der Waals surface area contributed by atoms with Crippen LogP contribution in [0.1, 0.15) is 12.7 Å². The van der Waals surface area contributed by atoms with E-state index < -0.39 is 0 Å². The topological polar surface area (TPSA) is 43.6 Å². The first kappa shape index (κ1) is 13.0. The summed E-state index contributed by atoms with van der Waals surface area (Å²) in [6, 6.07) is 13.7. The van der Waals surface area contributed by atoms with Crippen LogP contribution in [0.4, 0.5) is 0 Å². The highest BCUT2D eigenvalue weighted by Crippen LogP contribution is 2.20. The number of benzene rings is 1. The summed E-state index contributed by atoms with van der Waals surface area (Å²) in [4.78, 5) is 8.93. The molecule has 0 aliphatic heterocycles. The van der Waals surface area contributed by atoms with Gasteiger partial charge in [0, 0.05) is 22.7 Å². The fraction of sp³-hybridized carbons (Fsp3) is 0.133. The number of aromatic nitrogens is 4. The summed E-state index contributed by atoms with van der Waals surface area (Å²) < 4.78 is 2.85. The zero-order valence-electron chi connectivity index (χ0n) is 11.0. The van der Waals surface area contributed by atoms with Crippen molar-refractivity contribution < 1.29 is 0 Å². The first-order chi connectivity index (χ1) is 9.78. The average molecular weight is 329 g/mol. The van der Waals surface area contributed by atoms with Crippen molar-refractivity contribution in [3.05, 3.63) is 59.0 Å². The summed E-state index contributed by atoms with van der Waals surface area (Å²) in [5, 5.41) is 4.58. The van der Waals surface area contributed by atoms with Crippen LogP contribution in [-0.2, 0) is 6.42 Å². The Balaban J connectivity index is 2.07. The van der Waals surface area contributed by atoms with Crippen LogP contribution in [0.25, 0.3) is 17.2 Å². The van der Waals surface area contributed by atoms with Crippen molar-refractivity contribution in [1.29, 1.82) is 0 Å². The minimum atomic E-state index is 0.722. The van der Waals surface area contributed by atoms with Gasteiger partial charge < -0.3 is 0 Å². The molecule has 0 unspecified atom stereocenters. The number of hydrogen-bond acceptors (Lipinski definition) is 3. The van der Waals surface area contributed by atoms with E-state index in [9.17, 15) is 0 Å². The molecule has 1 aromatic carbocycles. The van der Waals surface area contributed by atoms with Crippen molar-refractivity contribution in [3.8, 4) is 17.2 Å². The van der Waals surface area contributed by atoms with Crippen molar-refractivity contribution in [2.24, 2.45) is 0 Å². The van der Waals surface area contributed by atoms with E-state index in [0.29, 0.717) is 0 Å². The normalized spacial score (nSPS) is 10.7. The molecular weight excluding hydrogens is 316 g/mol. The Hall–Kier alpha value is -2.01. The van der Waals surface area contributed by atoms with Gasteiger partial charge in [-0.3, -0.25) is 0 Å². The zero-order chi connectivity index (χ0) is 13.9. The number of nitrogens with zero attached hydrogens (tertiary/aromatic N) is 4. The maximum atomic E-state index is 4.60. The maximum absolute atomic E-state index is 4.60. The number of halogens is 1. The lowest BCUT2D eigenvalue weighted by Crippen LogP contribution is -2.03. The van der Waals surface area contributed by atoms with E-state index in [4.69, 9.17) is 0 Å². The summed E-state index contributed by atoms with van der Waals surface area (Å²) in [7, 11) is 0. The van der Waals surface area contributed by atoms with Crippen LogP contribution in [0.5, 0.6) is 0 Å². The molecule has 2 heterocycles. The zero-order valence-corrected chi connectivity index (χ0v) is 12.6. The lowest BCUT2D eigenvalue weighted by atomic mass is 10.2. The molecule has 0 aliphatic rings. The lowest BCUT2D eigenvalue weighted by Gasteiger charge is -2.01. The third kappa shape index (κ3) is 2.49. The predicted octanol–water partition coefficient (Wildman–Crippen LogP) is 3.65. The highest BCUT2D eigenvalue weighted by Gasteiger charge is 2.12. The highest BCUT2D eigenvalue weighted by atomic mass is 79.9. The Morgan fingerprint density at radius 3 is 2.55 bits per heavy atom. The second-order valence-electron chi connectivity index (χ2n) is 4.31. The fourth-order valence-electron chi connectivity index (χ4n) is 1.96. The van der Waals surface area contributed by atoms with E-state index in [1.165, 1.54) is 0 Å². The average Bonchev–Trinajstić information content (AvgIpc) is 2.93. The smallest absolute Gasteiger partial charge is 0.181 e. The Bertz CT molecular complexity index is 704. The number of hydrogen-bond donors (Lipinski definition) is 0. The largest absolute Gasteiger partial charge is 0.237 e. The van der Waals surface area contributed by atoms with Crippen LogP contribution in [0, 0.1) is 0 Å². The molecule has 2 aromatic heterocycles. The lowest BCUT2D eigenvalue weighted by molar-refractivity contribution is 0.779. The minimum absolute atomic E-state index is 0.722. The van der Waals surface area contributed by atoms with Crippen LogP contribution in [0.2, 0.25) is 0 Å². The molecule has 0 fully saturated rings. The summed E-state index contributed by atoms with van der Waals surface area (Å²) >= 11 is 3.43. The molecule has 0 aliphatic carbocycles. The Morgan fingerprint density at radius 2 is 1.90 bits per heavy atom. The molecule has 20 heavy (non-hydrogen) atoms. The molecule has 0 atom stereocenters. The van der Waals surface area contributed by atoms with Crippen molar-refractivity contribution in [2.75, 3.05) is 0 Å². The van der Waals surface area contributed by atoms with Crippen LogP contribution < -0.4 is 0 Å². The first-order valence-electron chi connectivity index (χ1n) is 6.41. The van der Waals surface area contributed by atoms with Gasteiger partial charge in [-0.2, -0.15) is 4.68 Å². The van der Waals surface area contributed by atoms with Gasteiger partial charge in [-0.05, 0) is 24.3 Å². The second kappa shape index (κ2) is 5.54. The molecule has 0 N–H and O–H groups in total. The third-order valence-electron chi connectivity index (χ3n) is 2.96. The molecule has 0 radical (unpaired) electrons. The molecule has 100 valence electrons. The predicted molar refractivity (Wildman–Crippen MR) is 81.7 cm³/mol. The van der Waals surface area contributed by atoms with E-state index in [1.807, 2.05) is 42.5 Å². The number of aryl methyl sites for hydroxylation is 1. The van der Waals surface area contributed by atoms with Gasteiger partial charge in [0.25, 0.3) is 0 Å². The van der Waals surface area contributed by atoms with Crippen LogP contribution >= 0.6 is 15.9 Å². The number of rotatable bonds is 3. The van der Waals surface area contributed by atoms with Gasteiger partial charge in [-0.25, -0.2) is 9.97 Å². The summed E-state index contributed by atoms with van der Waals surface area (Å²) in [6.45, 7) is 2.06. The minimum Gasteiger partial charge on any atom is -0.237 e. The van der Waals surface area contributed by atoms with Gasteiger partial charge in [-0.15, -0.1) is 5.10 Å². The standard InChI is InChI=1S/C15H13BrN4/c1-2-13-18-15(11-6-8-12(16)9-7-11)19-20(13)14-5-3-4-10-17-14/h3-10H,2H2,1H3. The van der Waals surface area contributed by atoms with Gasteiger partial charge in [-0.1, -0.05) is 41.1 Å². The Labute approximate surface area is 125 Å². The maximum Gasteiger partial charge on any atom is 0.181 e. The molecule has 4 nitrogen and oxygen atoms in total. The molecular formula is C15H13BrN4. The second-order valence-corrected chi connectivity index (χ2v) is 5.23. The molecule has 0 spiro atoms. The van der Waals surface area contributed by atoms with E-state index in [-0.39, 0.29) is 0 Å². The van der Waals surface area contributed by atoms with Crippen LogP contribution in [0.3, 0.4) is 0 Å². The summed E-state index contributed by atoms with van der Waals surface area (Å²) in [5.41, 5.74) is 0.998. The van der Waals surface area contributed by atoms with Crippen molar-refractivity contribution in [3.63, 3.8) is 0 Å². The fourth-order valence-corrected chi connectivity index (χ4v) is 2.22. The highest BCUT2D eigenvalue weighted by molar-refractivity contribution is 9.10. The van der Waals surface area contributed by atoms with E-state index in [1.54, 1.807) is 10.9 Å². The van der Waals surface area contributed by atoms with Gasteiger partial charge >= 0.3 is 0 Å². The first-order valence-corrected chi connectivity index (χ1v) is 7.20. The van der Waals surface area contributed by atoms with Crippen molar-refractivity contribution in [1.82, 2.24) is 19.7 Å². The monoisotopic (exact) mass is 328 g/mol. The van der Waals surface area contributed by atoms with Crippen molar-refractivity contribution >= 4 is 15.9 Å². The van der Waals surface area contributed by atoms with Gasteiger partial charge in [0.1, 0.15) is 5.82 Å². The van der Waals surface area contributed by atoms with Crippen LogP contribution in [0.15, 0.2) is 53.1 Å². The Kier molecular flexibility index (Phi) is 3.60. The quantitative estimate of drug-likeness (QED) is 0.737. The van der Waals surface area contributed by atoms with Gasteiger partial charge in [0.2, 0.25) is 0 Å². The van der Waals surface area contributed by atoms with Gasteiger partial charge in [0.05, 0.1) is 0 Å². The van der Waals surface area contributed by atoms with Gasteiger partial charge in [0.15, 0.2) is 11.6 Å². The van der Waals surface area contributed by atoms with Crippen molar-refractivity contribution in [2.45, 2.75) is 13.3 Å². The summed E-state index contributed by atoms with van der Waals surface area (Å²) in [5.74, 6) is 2.42. The van der Waals surface area contributed by atoms with E-state index in [0.717, 1.165) is 33.9 Å². The van der Waals surface area contributed by atoms with Crippen LogP contribution in [-0.4, -0.2) is 19.7 Å². The summed E-state index contributed by atoms with van der Waals surface area (Å²) in [6.07, 6.45) is 2.57.